The SMILES string of the molecule is CCCNC(=O)C1(c2cccc(F)c2)CCCC1. The van der Waals surface area contributed by atoms with Gasteiger partial charge in [-0.05, 0) is 37.0 Å². The van der Waals surface area contributed by atoms with Crippen LogP contribution in [0.5, 0.6) is 0 Å². The highest BCUT2D eigenvalue weighted by atomic mass is 19.1. The standard InChI is InChI=1S/C15H20FNO/c1-2-10-17-14(18)15(8-3-4-9-15)12-6-5-7-13(16)11-12/h5-7,11H,2-4,8-10H2,1H3,(H,17,18). The maximum absolute atomic E-state index is 13.4. The third-order valence-electron chi connectivity index (χ3n) is 3.80. The minimum absolute atomic E-state index is 0.0625. The Morgan fingerprint density at radius 1 is 1.39 bits per heavy atom. The molecule has 2 rings (SSSR count). The lowest BCUT2D eigenvalue weighted by molar-refractivity contribution is -0.126. The second-order valence-electron chi connectivity index (χ2n) is 5.06. The van der Waals surface area contributed by atoms with E-state index in [1.807, 2.05) is 13.0 Å². The van der Waals surface area contributed by atoms with Gasteiger partial charge in [0.25, 0.3) is 0 Å². The molecule has 3 heteroatoms. The number of rotatable bonds is 4. The van der Waals surface area contributed by atoms with Gasteiger partial charge in [0.15, 0.2) is 0 Å². The van der Waals surface area contributed by atoms with Crippen molar-refractivity contribution in [2.45, 2.75) is 44.4 Å². The maximum atomic E-state index is 13.4. The van der Waals surface area contributed by atoms with Crippen LogP contribution in [-0.2, 0) is 10.2 Å². The normalized spacial score (nSPS) is 17.7. The zero-order valence-electron chi connectivity index (χ0n) is 10.8. The topological polar surface area (TPSA) is 29.1 Å². The van der Waals surface area contributed by atoms with Gasteiger partial charge in [-0.1, -0.05) is 31.9 Å². The van der Waals surface area contributed by atoms with Crippen molar-refractivity contribution in [1.82, 2.24) is 5.32 Å². The van der Waals surface area contributed by atoms with Gasteiger partial charge in [0.05, 0.1) is 5.41 Å². The molecule has 1 N–H and O–H groups in total. The fraction of sp³-hybridized carbons (Fsp3) is 0.533. The molecule has 1 aliphatic carbocycles. The lowest BCUT2D eigenvalue weighted by atomic mass is 9.78. The highest BCUT2D eigenvalue weighted by Crippen LogP contribution is 2.41. The van der Waals surface area contributed by atoms with Crippen molar-refractivity contribution >= 4 is 5.91 Å². The molecule has 1 aromatic carbocycles. The number of hydrogen-bond acceptors (Lipinski definition) is 1. The zero-order chi connectivity index (χ0) is 13.0. The molecule has 0 bridgehead atoms. The minimum Gasteiger partial charge on any atom is -0.355 e. The molecule has 0 radical (unpaired) electrons. The lowest BCUT2D eigenvalue weighted by Gasteiger charge is -2.28. The summed E-state index contributed by atoms with van der Waals surface area (Å²) in [5, 5.41) is 2.97. The van der Waals surface area contributed by atoms with E-state index in [2.05, 4.69) is 5.32 Å². The van der Waals surface area contributed by atoms with E-state index in [0.29, 0.717) is 6.54 Å². The number of hydrogen-bond donors (Lipinski definition) is 1. The Labute approximate surface area is 108 Å². The average molecular weight is 249 g/mol. The minimum atomic E-state index is -0.503. The number of benzene rings is 1. The second kappa shape index (κ2) is 5.51. The van der Waals surface area contributed by atoms with E-state index in [-0.39, 0.29) is 11.7 Å². The van der Waals surface area contributed by atoms with Gasteiger partial charge < -0.3 is 5.32 Å². The Kier molecular flexibility index (Phi) is 4.00. The van der Waals surface area contributed by atoms with Crippen LogP contribution in [0.2, 0.25) is 0 Å². The molecule has 0 heterocycles. The van der Waals surface area contributed by atoms with E-state index >= 15 is 0 Å². The Morgan fingerprint density at radius 2 is 2.11 bits per heavy atom. The maximum Gasteiger partial charge on any atom is 0.230 e. The number of halogens is 1. The van der Waals surface area contributed by atoms with Gasteiger partial charge in [-0.3, -0.25) is 4.79 Å². The molecule has 0 atom stereocenters. The van der Waals surface area contributed by atoms with Gasteiger partial charge in [0, 0.05) is 6.54 Å². The van der Waals surface area contributed by atoms with Gasteiger partial charge in [-0.2, -0.15) is 0 Å². The van der Waals surface area contributed by atoms with E-state index < -0.39 is 5.41 Å². The molecule has 2 nitrogen and oxygen atoms in total. The van der Waals surface area contributed by atoms with Crippen LogP contribution >= 0.6 is 0 Å². The number of amides is 1. The first-order valence-electron chi connectivity index (χ1n) is 6.73. The van der Waals surface area contributed by atoms with E-state index in [0.717, 1.165) is 37.7 Å². The largest absolute Gasteiger partial charge is 0.355 e. The smallest absolute Gasteiger partial charge is 0.230 e. The first-order chi connectivity index (χ1) is 8.69. The van der Waals surface area contributed by atoms with Crippen LogP contribution in [0.15, 0.2) is 24.3 Å². The summed E-state index contributed by atoms with van der Waals surface area (Å²) in [7, 11) is 0. The van der Waals surface area contributed by atoms with Gasteiger partial charge in [-0.15, -0.1) is 0 Å². The summed E-state index contributed by atoms with van der Waals surface area (Å²) in [6.45, 7) is 2.72. The van der Waals surface area contributed by atoms with Crippen molar-refractivity contribution in [2.75, 3.05) is 6.54 Å². The average Bonchev–Trinajstić information content (AvgIpc) is 2.86. The molecule has 1 saturated carbocycles. The Bertz CT molecular complexity index is 424. The molecule has 18 heavy (non-hydrogen) atoms. The second-order valence-corrected chi connectivity index (χ2v) is 5.06. The van der Waals surface area contributed by atoms with Crippen LogP contribution in [-0.4, -0.2) is 12.5 Å². The quantitative estimate of drug-likeness (QED) is 0.872. The molecular weight excluding hydrogens is 229 g/mol. The molecule has 1 aliphatic rings. The molecule has 0 unspecified atom stereocenters. The van der Waals surface area contributed by atoms with Crippen LogP contribution in [0.3, 0.4) is 0 Å². The highest BCUT2D eigenvalue weighted by molar-refractivity contribution is 5.88. The van der Waals surface area contributed by atoms with Crippen LogP contribution in [0.25, 0.3) is 0 Å². The summed E-state index contributed by atoms with van der Waals surface area (Å²) in [5.74, 6) is -0.200. The van der Waals surface area contributed by atoms with Crippen molar-refractivity contribution in [3.8, 4) is 0 Å². The van der Waals surface area contributed by atoms with Gasteiger partial charge in [0.1, 0.15) is 5.82 Å². The molecule has 0 aliphatic heterocycles. The molecule has 0 saturated heterocycles. The molecule has 1 aromatic rings. The first kappa shape index (κ1) is 13.1. The fourth-order valence-corrected chi connectivity index (χ4v) is 2.82. The van der Waals surface area contributed by atoms with Gasteiger partial charge >= 0.3 is 0 Å². The fourth-order valence-electron chi connectivity index (χ4n) is 2.82. The van der Waals surface area contributed by atoms with Crippen molar-refractivity contribution in [3.05, 3.63) is 35.6 Å². The highest BCUT2D eigenvalue weighted by Gasteiger charge is 2.42. The van der Waals surface area contributed by atoms with Crippen molar-refractivity contribution in [2.24, 2.45) is 0 Å². The third-order valence-corrected chi connectivity index (χ3v) is 3.80. The van der Waals surface area contributed by atoms with E-state index in [1.165, 1.54) is 12.1 Å². The molecule has 1 fully saturated rings. The first-order valence-corrected chi connectivity index (χ1v) is 6.73. The molecule has 1 amide bonds. The number of carbonyl (C=O) groups is 1. The third kappa shape index (κ3) is 2.40. The van der Waals surface area contributed by atoms with E-state index in [9.17, 15) is 9.18 Å². The summed E-state index contributed by atoms with van der Waals surface area (Å²) in [4.78, 5) is 12.4. The monoisotopic (exact) mass is 249 g/mol. The molecule has 98 valence electrons. The lowest BCUT2D eigenvalue weighted by Crippen LogP contribution is -2.42. The summed E-state index contributed by atoms with van der Waals surface area (Å²) >= 11 is 0. The predicted molar refractivity (Wildman–Crippen MR) is 69.8 cm³/mol. The predicted octanol–water partition coefficient (Wildman–Crippen LogP) is 3.16. The van der Waals surface area contributed by atoms with Crippen LogP contribution < -0.4 is 5.32 Å². The van der Waals surface area contributed by atoms with Gasteiger partial charge in [-0.25, -0.2) is 4.39 Å². The summed E-state index contributed by atoms with van der Waals surface area (Å²) in [6.07, 6.45) is 4.65. The summed E-state index contributed by atoms with van der Waals surface area (Å²) < 4.78 is 13.4. The van der Waals surface area contributed by atoms with Crippen LogP contribution in [0.1, 0.15) is 44.6 Å². The molecule has 0 spiro atoms. The molecule has 0 aromatic heterocycles. The van der Waals surface area contributed by atoms with Crippen molar-refractivity contribution < 1.29 is 9.18 Å². The van der Waals surface area contributed by atoms with Crippen molar-refractivity contribution in [1.29, 1.82) is 0 Å². The van der Waals surface area contributed by atoms with E-state index in [1.54, 1.807) is 6.07 Å². The van der Waals surface area contributed by atoms with E-state index in [4.69, 9.17) is 0 Å². The Morgan fingerprint density at radius 3 is 2.72 bits per heavy atom. The van der Waals surface area contributed by atoms with Gasteiger partial charge in [0.2, 0.25) is 5.91 Å². The molecular formula is C15H20FNO. The zero-order valence-corrected chi connectivity index (χ0v) is 10.8. The van der Waals surface area contributed by atoms with Crippen LogP contribution in [0, 0.1) is 5.82 Å². The van der Waals surface area contributed by atoms with Crippen molar-refractivity contribution in [3.63, 3.8) is 0 Å². The van der Waals surface area contributed by atoms with Crippen LogP contribution in [0.4, 0.5) is 4.39 Å². The Balaban J connectivity index is 2.29. The number of carbonyl (C=O) groups excluding carboxylic acids is 1. The summed E-state index contributed by atoms with van der Waals surface area (Å²) in [6, 6.07) is 6.50. The summed E-state index contributed by atoms with van der Waals surface area (Å²) in [5.41, 5.74) is 0.325. The Hall–Kier alpha value is -1.38. The number of nitrogens with one attached hydrogen (secondary N) is 1.